The van der Waals surface area contributed by atoms with Gasteiger partial charge in [0.25, 0.3) is 0 Å². The van der Waals surface area contributed by atoms with E-state index in [-0.39, 0.29) is 24.5 Å². The minimum absolute atomic E-state index is 0.0953. The van der Waals surface area contributed by atoms with Crippen molar-refractivity contribution in [2.75, 3.05) is 19.0 Å². The van der Waals surface area contributed by atoms with Gasteiger partial charge in [-0.05, 0) is 53.2 Å². The Morgan fingerprint density at radius 2 is 2.04 bits per heavy atom. The maximum atomic E-state index is 12.5. The second-order valence-electron chi connectivity index (χ2n) is 6.59. The molecule has 1 saturated heterocycles. The molecule has 1 amide bonds. The van der Waals surface area contributed by atoms with Crippen LogP contribution in [0, 0.1) is 5.92 Å². The molecule has 1 saturated carbocycles. The van der Waals surface area contributed by atoms with Gasteiger partial charge in [0.15, 0.2) is 0 Å². The molecule has 1 aliphatic carbocycles. The Morgan fingerprint density at radius 1 is 1.29 bits per heavy atom. The van der Waals surface area contributed by atoms with E-state index in [1.807, 2.05) is 24.3 Å². The molecule has 0 bridgehead atoms. The van der Waals surface area contributed by atoms with Gasteiger partial charge in [0.05, 0.1) is 19.3 Å². The molecule has 1 aromatic rings. The molecule has 24 heavy (non-hydrogen) atoms. The Bertz CT molecular complexity index is 622. The lowest BCUT2D eigenvalue weighted by Gasteiger charge is -2.32. The van der Waals surface area contributed by atoms with Gasteiger partial charge in [-0.1, -0.05) is 25.0 Å². The van der Waals surface area contributed by atoms with E-state index < -0.39 is 0 Å². The van der Waals surface area contributed by atoms with E-state index in [1.54, 1.807) is 0 Å². The lowest BCUT2D eigenvalue weighted by atomic mass is 9.85. The highest BCUT2D eigenvalue weighted by Crippen LogP contribution is 2.39. The topological polar surface area (TPSA) is 58.6 Å². The Balaban J connectivity index is 1.71. The molecule has 3 atom stereocenters. The molecule has 0 aromatic heterocycles. The fraction of sp³-hybridized carbons (Fsp3) is 0.556. The molecule has 3 rings (SSSR count). The first-order valence-electron chi connectivity index (χ1n) is 8.48. The van der Waals surface area contributed by atoms with E-state index in [0.717, 1.165) is 35.8 Å². The third kappa shape index (κ3) is 3.64. The minimum Gasteiger partial charge on any atom is -0.468 e. The first-order chi connectivity index (χ1) is 11.6. The summed E-state index contributed by atoms with van der Waals surface area (Å²) in [6, 6.07) is 7.54. The van der Waals surface area contributed by atoms with Gasteiger partial charge in [-0.15, -0.1) is 0 Å². The molecule has 1 aliphatic heterocycles. The quantitative estimate of drug-likeness (QED) is 0.796. The summed E-state index contributed by atoms with van der Waals surface area (Å²) in [4.78, 5) is 26.7. The van der Waals surface area contributed by atoms with Crippen LogP contribution in [0.1, 0.15) is 32.1 Å². The fourth-order valence-electron chi connectivity index (χ4n) is 4.07. The highest BCUT2D eigenvalue weighted by molar-refractivity contribution is 9.10. The highest BCUT2D eigenvalue weighted by Gasteiger charge is 2.46. The zero-order chi connectivity index (χ0) is 17.1. The summed E-state index contributed by atoms with van der Waals surface area (Å²) >= 11 is 3.44. The average Bonchev–Trinajstić information content (AvgIpc) is 2.95. The first-order valence-corrected chi connectivity index (χ1v) is 9.27. The number of hydrogen-bond donors (Lipinski definition) is 1. The summed E-state index contributed by atoms with van der Waals surface area (Å²) < 4.78 is 5.82. The molecular weight excluding hydrogens is 372 g/mol. The smallest absolute Gasteiger partial charge is 0.323 e. The van der Waals surface area contributed by atoms with Crippen LogP contribution in [0.4, 0.5) is 5.69 Å². The average molecular weight is 395 g/mol. The van der Waals surface area contributed by atoms with E-state index in [9.17, 15) is 9.59 Å². The highest BCUT2D eigenvalue weighted by atomic mass is 79.9. The van der Waals surface area contributed by atoms with Gasteiger partial charge in [-0.3, -0.25) is 14.5 Å². The number of fused-ring (bicyclic) bond motifs is 1. The van der Waals surface area contributed by atoms with Crippen molar-refractivity contribution in [2.24, 2.45) is 5.92 Å². The van der Waals surface area contributed by atoms with Crippen LogP contribution in [-0.2, 0) is 14.3 Å². The van der Waals surface area contributed by atoms with Crippen LogP contribution in [0.15, 0.2) is 28.7 Å². The second-order valence-corrected chi connectivity index (χ2v) is 7.44. The molecule has 130 valence electrons. The molecule has 0 spiro atoms. The number of amides is 1. The number of esters is 1. The number of nitrogens with one attached hydrogen (secondary N) is 1. The molecule has 1 N–H and O–H groups in total. The van der Waals surface area contributed by atoms with Crippen molar-refractivity contribution in [1.29, 1.82) is 0 Å². The second kappa shape index (κ2) is 7.66. The lowest BCUT2D eigenvalue weighted by molar-refractivity contribution is -0.146. The molecule has 2 aliphatic rings. The number of halogens is 1. The number of likely N-dealkylation sites (tertiary alicyclic amines) is 1. The Hall–Kier alpha value is -1.40. The van der Waals surface area contributed by atoms with Crippen LogP contribution in [0.5, 0.6) is 0 Å². The number of benzene rings is 1. The summed E-state index contributed by atoms with van der Waals surface area (Å²) in [6.07, 6.45) is 5.38. The van der Waals surface area contributed by atoms with Crippen LogP contribution in [0.2, 0.25) is 0 Å². The molecule has 1 heterocycles. The van der Waals surface area contributed by atoms with Crippen molar-refractivity contribution in [1.82, 2.24) is 4.90 Å². The molecule has 0 radical (unpaired) electrons. The lowest BCUT2D eigenvalue weighted by Crippen LogP contribution is -2.46. The normalized spacial score (nSPS) is 26.7. The summed E-state index contributed by atoms with van der Waals surface area (Å²) in [5.74, 6) is 0.180. The monoisotopic (exact) mass is 394 g/mol. The number of methoxy groups -OCH3 is 1. The van der Waals surface area contributed by atoms with Gasteiger partial charge in [-0.25, -0.2) is 0 Å². The number of rotatable bonds is 4. The van der Waals surface area contributed by atoms with Gasteiger partial charge >= 0.3 is 5.97 Å². The molecule has 1 aromatic carbocycles. The summed E-state index contributed by atoms with van der Waals surface area (Å²) in [5, 5.41) is 2.93. The number of hydrogen-bond acceptors (Lipinski definition) is 4. The van der Waals surface area contributed by atoms with Crippen LogP contribution >= 0.6 is 15.9 Å². The minimum atomic E-state index is -0.298. The number of carbonyl (C=O) groups excluding carboxylic acids is 2. The predicted molar refractivity (Wildman–Crippen MR) is 95.6 cm³/mol. The number of carbonyl (C=O) groups is 2. The van der Waals surface area contributed by atoms with E-state index in [2.05, 4.69) is 26.1 Å². The molecule has 2 fully saturated rings. The van der Waals surface area contributed by atoms with Crippen LogP contribution < -0.4 is 5.32 Å². The summed E-state index contributed by atoms with van der Waals surface area (Å²) in [7, 11) is 1.42. The van der Waals surface area contributed by atoms with E-state index in [0.29, 0.717) is 12.0 Å². The van der Waals surface area contributed by atoms with E-state index >= 15 is 0 Å². The van der Waals surface area contributed by atoms with E-state index in [4.69, 9.17) is 4.74 Å². The van der Waals surface area contributed by atoms with Crippen molar-refractivity contribution >= 4 is 33.5 Å². The molecular formula is C18H23BrN2O3. The fourth-order valence-corrected chi connectivity index (χ4v) is 4.45. The Labute approximate surface area is 150 Å². The standard InChI is InChI=1S/C18H23BrN2O3/c1-24-18(23)16-10-12-6-2-5-9-15(12)21(16)11-17(22)20-14-8-4-3-7-13(14)19/h3-4,7-8,12,15-16H,2,5-6,9-11H2,1H3,(H,20,22)/t12-,15+,16+/m1/s1. The van der Waals surface area contributed by atoms with Crippen molar-refractivity contribution in [3.63, 3.8) is 0 Å². The number of nitrogens with zero attached hydrogens (tertiary/aromatic N) is 1. The largest absolute Gasteiger partial charge is 0.468 e. The first kappa shape index (κ1) is 17.4. The third-order valence-electron chi connectivity index (χ3n) is 5.17. The van der Waals surface area contributed by atoms with Gasteiger partial charge in [0, 0.05) is 10.5 Å². The zero-order valence-corrected chi connectivity index (χ0v) is 15.4. The predicted octanol–water partition coefficient (Wildman–Crippen LogP) is 3.19. The molecule has 5 nitrogen and oxygen atoms in total. The zero-order valence-electron chi connectivity index (χ0n) is 13.8. The SMILES string of the molecule is COC(=O)[C@@H]1C[C@H]2CCCC[C@@H]2N1CC(=O)Nc1ccccc1Br. The van der Waals surface area contributed by atoms with Crippen LogP contribution in [0.3, 0.4) is 0 Å². The summed E-state index contributed by atoms with van der Waals surface area (Å²) in [5.41, 5.74) is 0.747. The van der Waals surface area contributed by atoms with Crippen molar-refractivity contribution in [2.45, 2.75) is 44.2 Å². The van der Waals surface area contributed by atoms with Crippen molar-refractivity contribution in [3.8, 4) is 0 Å². The van der Waals surface area contributed by atoms with Gasteiger partial charge < -0.3 is 10.1 Å². The number of ether oxygens (including phenoxy) is 1. The van der Waals surface area contributed by atoms with Gasteiger partial charge in [0.2, 0.25) is 5.91 Å². The Morgan fingerprint density at radius 3 is 2.79 bits per heavy atom. The van der Waals surface area contributed by atoms with Crippen LogP contribution in [0.25, 0.3) is 0 Å². The van der Waals surface area contributed by atoms with Crippen molar-refractivity contribution in [3.05, 3.63) is 28.7 Å². The van der Waals surface area contributed by atoms with E-state index in [1.165, 1.54) is 13.5 Å². The number of anilines is 1. The molecule has 0 unspecified atom stereocenters. The third-order valence-corrected chi connectivity index (χ3v) is 5.86. The maximum Gasteiger partial charge on any atom is 0.323 e. The van der Waals surface area contributed by atoms with Gasteiger partial charge in [-0.2, -0.15) is 0 Å². The maximum absolute atomic E-state index is 12.5. The van der Waals surface area contributed by atoms with Crippen LogP contribution in [-0.4, -0.2) is 42.5 Å². The van der Waals surface area contributed by atoms with Crippen molar-refractivity contribution < 1.29 is 14.3 Å². The number of para-hydroxylation sites is 1. The summed E-state index contributed by atoms with van der Waals surface area (Å²) in [6.45, 7) is 0.224. The molecule has 6 heteroatoms. The van der Waals surface area contributed by atoms with Gasteiger partial charge in [0.1, 0.15) is 6.04 Å². The Kier molecular flexibility index (Phi) is 5.56.